The maximum Gasteiger partial charge on any atom is 0.123 e. The van der Waals surface area contributed by atoms with Crippen molar-refractivity contribution in [3.05, 3.63) is 34.6 Å². The summed E-state index contributed by atoms with van der Waals surface area (Å²) >= 11 is 6.39. The molecule has 0 aliphatic carbocycles. The van der Waals surface area contributed by atoms with Gasteiger partial charge >= 0.3 is 0 Å². The average molecular weight is 386 g/mol. The zero-order chi connectivity index (χ0) is 14.7. The van der Waals surface area contributed by atoms with Crippen molar-refractivity contribution in [2.75, 3.05) is 39.4 Å². The summed E-state index contributed by atoms with van der Waals surface area (Å²) < 4.78 is 19.2. The smallest absolute Gasteiger partial charge is 0.123 e. The molecule has 2 saturated heterocycles. The molecule has 132 valence electrons. The van der Waals surface area contributed by atoms with E-state index in [1.54, 1.807) is 12.1 Å². The molecule has 0 saturated carbocycles. The van der Waals surface area contributed by atoms with E-state index >= 15 is 0 Å². The number of nitrogens with one attached hydrogen (secondary N) is 1. The number of halogens is 4. The van der Waals surface area contributed by atoms with Crippen molar-refractivity contribution in [2.24, 2.45) is 5.92 Å². The summed E-state index contributed by atoms with van der Waals surface area (Å²) in [5, 5.41) is 4.05. The van der Waals surface area contributed by atoms with Crippen molar-refractivity contribution in [3.63, 3.8) is 0 Å². The van der Waals surface area contributed by atoms with Gasteiger partial charge in [-0.25, -0.2) is 4.39 Å². The first kappa shape index (κ1) is 20.9. The number of ether oxygens (including phenoxy) is 1. The Kier molecular flexibility index (Phi) is 9.12. The van der Waals surface area contributed by atoms with E-state index in [2.05, 4.69) is 10.2 Å². The molecule has 2 aliphatic rings. The fourth-order valence-electron chi connectivity index (χ4n) is 3.48. The van der Waals surface area contributed by atoms with E-state index in [1.807, 2.05) is 0 Å². The number of piperazine rings is 1. The molecule has 1 aromatic carbocycles. The zero-order valence-corrected chi connectivity index (χ0v) is 15.4. The lowest BCUT2D eigenvalue weighted by Gasteiger charge is -2.41. The third kappa shape index (κ3) is 5.18. The largest absolute Gasteiger partial charge is 0.381 e. The van der Waals surface area contributed by atoms with E-state index < -0.39 is 0 Å². The summed E-state index contributed by atoms with van der Waals surface area (Å²) in [5.41, 5.74) is 0.936. The van der Waals surface area contributed by atoms with Crippen molar-refractivity contribution in [2.45, 2.75) is 18.9 Å². The van der Waals surface area contributed by atoms with Crippen LogP contribution < -0.4 is 5.32 Å². The van der Waals surface area contributed by atoms with E-state index in [0.717, 1.165) is 57.8 Å². The normalized spacial score (nSPS) is 21.1. The monoisotopic (exact) mass is 384 g/mol. The fraction of sp³-hybridized carbons (Fsp3) is 0.625. The highest BCUT2D eigenvalue weighted by atomic mass is 35.5. The van der Waals surface area contributed by atoms with Crippen LogP contribution in [0.1, 0.15) is 24.4 Å². The van der Waals surface area contributed by atoms with Gasteiger partial charge in [-0.1, -0.05) is 11.6 Å². The van der Waals surface area contributed by atoms with Crippen molar-refractivity contribution in [1.29, 1.82) is 0 Å². The molecule has 7 heteroatoms. The highest BCUT2D eigenvalue weighted by Crippen LogP contribution is 2.38. The number of rotatable bonds is 3. The van der Waals surface area contributed by atoms with Gasteiger partial charge in [0.25, 0.3) is 0 Å². The first-order valence-corrected chi connectivity index (χ1v) is 8.11. The Morgan fingerprint density at radius 1 is 1.17 bits per heavy atom. The highest BCUT2D eigenvalue weighted by Gasteiger charge is 2.32. The van der Waals surface area contributed by atoms with Crippen LogP contribution in [0.25, 0.3) is 0 Å². The molecule has 0 amide bonds. The summed E-state index contributed by atoms with van der Waals surface area (Å²) in [6.07, 6.45) is 2.03. The van der Waals surface area contributed by atoms with Crippen molar-refractivity contribution >= 4 is 36.4 Å². The van der Waals surface area contributed by atoms with Gasteiger partial charge in [-0.2, -0.15) is 0 Å². The fourth-order valence-corrected chi connectivity index (χ4v) is 3.71. The van der Waals surface area contributed by atoms with Gasteiger partial charge in [0.05, 0.1) is 0 Å². The van der Waals surface area contributed by atoms with E-state index in [-0.39, 0.29) is 36.7 Å². The summed E-state index contributed by atoms with van der Waals surface area (Å²) in [6.45, 7) is 5.50. The maximum absolute atomic E-state index is 13.7. The van der Waals surface area contributed by atoms with E-state index in [4.69, 9.17) is 16.3 Å². The zero-order valence-electron chi connectivity index (χ0n) is 13.0. The quantitative estimate of drug-likeness (QED) is 0.858. The van der Waals surface area contributed by atoms with Crippen molar-refractivity contribution in [3.8, 4) is 0 Å². The molecule has 0 aromatic heterocycles. The Labute approximate surface area is 154 Å². The molecule has 0 radical (unpaired) electrons. The molecule has 0 unspecified atom stereocenters. The average Bonchev–Trinajstić information content (AvgIpc) is 2.53. The van der Waals surface area contributed by atoms with Gasteiger partial charge in [0.15, 0.2) is 0 Å². The third-order valence-electron chi connectivity index (χ3n) is 4.53. The minimum Gasteiger partial charge on any atom is -0.381 e. The molecule has 3 rings (SSSR count). The van der Waals surface area contributed by atoms with Gasteiger partial charge < -0.3 is 10.1 Å². The molecule has 1 aromatic rings. The van der Waals surface area contributed by atoms with Gasteiger partial charge in [-0.15, -0.1) is 24.8 Å². The lowest BCUT2D eigenvalue weighted by Crippen LogP contribution is -2.47. The molecular formula is C16H24Cl3FN2O. The molecule has 2 aliphatic heterocycles. The maximum atomic E-state index is 13.7. The van der Waals surface area contributed by atoms with Crippen LogP contribution in [0.5, 0.6) is 0 Å². The first-order chi connectivity index (χ1) is 10.3. The summed E-state index contributed by atoms with van der Waals surface area (Å²) in [5.74, 6) is 0.276. The van der Waals surface area contributed by atoms with Gasteiger partial charge in [0, 0.05) is 50.5 Å². The Bertz CT molecular complexity index is 462. The molecule has 2 fully saturated rings. The Morgan fingerprint density at radius 2 is 1.83 bits per heavy atom. The summed E-state index contributed by atoms with van der Waals surface area (Å²) in [7, 11) is 0. The molecule has 0 spiro atoms. The van der Waals surface area contributed by atoms with Crippen LogP contribution in [0.4, 0.5) is 4.39 Å². The number of nitrogens with zero attached hydrogens (tertiary/aromatic N) is 1. The van der Waals surface area contributed by atoms with E-state index in [1.165, 1.54) is 6.07 Å². The minimum absolute atomic E-state index is 0. The van der Waals surface area contributed by atoms with Crippen LogP contribution in [0.3, 0.4) is 0 Å². The number of hydrogen-bond acceptors (Lipinski definition) is 3. The summed E-state index contributed by atoms with van der Waals surface area (Å²) in [4.78, 5) is 2.45. The Hall–Kier alpha value is -0.100. The SMILES string of the molecule is Cl.Cl.Fc1ccc(Cl)c([C@@H](C2CCOCC2)N2CCNCC2)c1. The van der Waals surface area contributed by atoms with Crippen molar-refractivity contribution in [1.82, 2.24) is 10.2 Å². The molecular weight excluding hydrogens is 362 g/mol. The minimum atomic E-state index is -0.207. The van der Waals surface area contributed by atoms with E-state index in [9.17, 15) is 4.39 Å². The number of benzene rings is 1. The lowest BCUT2D eigenvalue weighted by molar-refractivity contribution is 0.0212. The van der Waals surface area contributed by atoms with Gasteiger partial charge in [-0.05, 0) is 42.5 Å². The molecule has 23 heavy (non-hydrogen) atoms. The molecule has 2 heterocycles. The molecule has 0 bridgehead atoms. The van der Waals surface area contributed by atoms with Crippen molar-refractivity contribution < 1.29 is 9.13 Å². The molecule has 1 atom stereocenters. The van der Waals surface area contributed by atoms with Gasteiger partial charge in [0.1, 0.15) is 5.82 Å². The highest BCUT2D eigenvalue weighted by molar-refractivity contribution is 6.31. The second kappa shape index (κ2) is 10.0. The predicted octanol–water partition coefficient (Wildman–Crippen LogP) is 3.70. The summed E-state index contributed by atoms with van der Waals surface area (Å²) in [6, 6.07) is 4.93. The van der Waals surface area contributed by atoms with Gasteiger partial charge in [-0.3, -0.25) is 4.90 Å². The van der Waals surface area contributed by atoms with Crippen LogP contribution in [0, 0.1) is 11.7 Å². The van der Waals surface area contributed by atoms with Crippen LogP contribution >= 0.6 is 36.4 Å². The predicted molar refractivity (Wildman–Crippen MR) is 96.6 cm³/mol. The Balaban J connectivity index is 0.00000132. The van der Waals surface area contributed by atoms with Crippen LogP contribution in [0.15, 0.2) is 18.2 Å². The topological polar surface area (TPSA) is 24.5 Å². The van der Waals surface area contributed by atoms with E-state index in [0.29, 0.717) is 10.9 Å². The van der Waals surface area contributed by atoms with Gasteiger partial charge in [0.2, 0.25) is 0 Å². The lowest BCUT2D eigenvalue weighted by atomic mass is 9.85. The Morgan fingerprint density at radius 3 is 2.48 bits per heavy atom. The molecule has 1 N–H and O–H groups in total. The molecule has 3 nitrogen and oxygen atoms in total. The van der Waals surface area contributed by atoms with Crippen LogP contribution in [-0.2, 0) is 4.74 Å². The second-order valence-electron chi connectivity index (χ2n) is 5.85. The number of hydrogen-bond donors (Lipinski definition) is 1. The second-order valence-corrected chi connectivity index (χ2v) is 6.25. The third-order valence-corrected chi connectivity index (χ3v) is 4.88. The first-order valence-electron chi connectivity index (χ1n) is 7.73. The standard InChI is InChI=1S/C16H22ClFN2O.2ClH/c17-15-2-1-13(18)11-14(15)16(12-3-9-21-10-4-12)20-7-5-19-6-8-20;;/h1-2,11-12,16,19H,3-10H2;2*1H/t16-;;/m1../s1. The van der Waals surface area contributed by atoms with Crippen LogP contribution in [0.2, 0.25) is 5.02 Å². The van der Waals surface area contributed by atoms with Crippen LogP contribution in [-0.4, -0.2) is 44.3 Å².